The average Bonchev–Trinajstić information content (AvgIpc) is 3.31. The van der Waals surface area contributed by atoms with E-state index in [-0.39, 0.29) is 48.7 Å². The van der Waals surface area contributed by atoms with Crippen LogP contribution in [0.3, 0.4) is 0 Å². The molecule has 2 heterocycles. The van der Waals surface area contributed by atoms with Crippen LogP contribution in [0.25, 0.3) is 0 Å². The molecule has 1 aromatic rings. The largest absolute Gasteiger partial charge is 0.475 e. The maximum absolute atomic E-state index is 14.3. The SMILES string of the molecule is C=CCC(NC(=O)[C@@H](CC1CCCCC1)N1CCC(NC(=O)C(NC(=O)c2cnccn2)C(C)C)(C(C)C)C1=O)B(O)O. The molecular formula is C30H47BN6O6. The van der Waals surface area contributed by atoms with E-state index in [2.05, 4.69) is 32.5 Å². The number of hydrogen-bond acceptors (Lipinski definition) is 8. The van der Waals surface area contributed by atoms with E-state index in [1.165, 1.54) is 24.7 Å². The van der Waals surface area contributed by atoms with E-state index in [4.69, 9.17) is 0 Å². The molecule has 1 saturated heterocycles. The van der Waals surface area contributed by atoms with Crippen LogP contribution >= 0.6 is 0 Å². The Hall–Kier alpha value is -3.32. The van der Waals surface area contributed by atoms with Gasteiger partial charge in [0.1, 0.15) is 23.3 Å². The molecule has 3 unspecified atom stereocenters. The summed E-state index contributed by atoms with van der Waals surface area (Å²) in [5, 5.41) is 28.1. The van der Waals surface area contributed by atoms with E-state index in [1.807, 2.05) is 13.8 Å². The van der Waals surface area contributed by atoms with E-state index in [9.17, 15) is 29.2 Å². The lowest BCUT2D eigenvalue weighted by molar-refractivity contribution is -0.145. The molecule has 1 saturated carbocycles. The Morgan fingerprint density at radius 2 is 1.81 bits per heavy atom. The van der Waals surface area contributed by atoms with Crippen molar-refractivity contribution in [3.8, 4) is 0 Å². The van der Waals surface area contributed by atoms with Crippen LogP contribution in [-0.2, 0) is 14.4 Å². The van der Waals surface area contributed by atoms with Crippen molar-refractivity contribution in [3.63, 3.8) is 0 Å². The minimum atomic E-state index is -1.79. The van der Waals surface area contributed by atoms with Crippen LogP contribution in [-0.4, -0.2) is 85.8 Å². The minimum absolute atomic E-state index is 0.0713. The Bertz CT molecular complexity index is 1130. The highest BCUT2D eigenvalue weighted by Crippen LogP contribution is 2.35. The van der Waals surface area contributed by atoms with E-state index in [0.29, 0.717) is 6.42 Å². The Balaban J connectivity index is 1.85. The molecule has 3 rings (SSSR count). The molecule has 2 aliphatic rings. The first-order valence-electron chi connectivity index (χ1n) is 15.4. The summed E-state index contributed by atoms with van der Waals surface area (Å²) in [6, 6.07) is -1.78. The Morgan fingerprint density at radius 1 is 1.12 bits per heavy atom. The van der Waals surface area contributed by atoms with Gasteiger partial charge in [-0.1, -0.05) is 65.9 Å². The van der Waals surface area contributed by atoms with Crippen molar-refractivity contribution in [2.45, 2.75) is 103 Å². The van der Waals surface area contributed by atoms with Crippen molar-refractivity contribution in [3.05, 3.63) is 36.9 Å². The van der Waals surface area contributed by atoms with Gasteiger partial charge in [0.05, 0.1) is 12.1 Å². The second kappa shape index (κ2) is 15.4. The summed E-state index contributed by atoms with van der Waals surface area (Å²) in [4.78, 5) is 63.9. The quantitative estimate of drug-likeness (QED) is 0.158. The molecule has 0 aromatic carbocycles. The van der Waals surface area contributed by atoms with Crippen LogP contribution in [0.5, 0.6) is 0 Å². The van der Waals surface area contributed by atoms with Crippen molar-refractivity contribution in [2.24, 2.45) is 17.8 Å². The molecule has 43 heavy (non-hydrogen) atoms. The zero-order chi connectivity index (χ0) is 31.7. The van der Waals surface area contributed by atoms with Gasteiger partial charge in [-0.15, -0.1) is 6.58 Å². The molecule has 0 spiro atoms. The molecule has 1 aliphatic heterocycles. The average molecular weight is 599 g/mol. The van der Waals surface area contributed by atoms with Gasteiger partial charge in [-0.05, 0) is 37.0 Å². The van der Waals surface area contributed by atoms with Crippen LogP contribution in [0, 0.1) is 17.8 Å². The molecule has 0 radical (unpaired) electrons. The van der Waals surface area contributed by atoms with Gasteiger partial charge in [0.2, 0.25) is 17.7 Å². The Labute approximate surface area is 254 Å². The predicted octanol–water partition coefficient (Wildman–Crippen LogP) is 1.39. The molecule has 0 bridgehead atoms. The summed E-state index contributed by atoms with van der Waals surface area (Å²) in [7, 11) is -1.79. The molecule has 1 aromatic heterocycles. The summed E-state index contributed by atoms with van der Waals surface area (Å²) in [6.45, 7) is 11.2. The van der Waals surface area contributed by atoms with Crippen molar-refractivity contribution >= 4 is 30.7 Å². The maximum Gasteiger partial charge on any atom is 0.475 e. The first kappa shape index (κ1) is 34.2. The zero-order valence-corrected chi connectivity index (χ0v) is 25.8. The minimum Gasteiger partial charge on any atom is -0.426 e. The first-order chi connectivity index (χ1) is 20.4. The van der Waals surface area contributed by atoms with Crippen molar-refractivity contribution < 1.29 is 29.2 Å². The molecule has 2 fully saturated rings. The molecule has 236 valence electrons. The van der Waals surface area contributed by atoms with Crippen molar-refractivity contribution in [2.75, 3.05) is 6.54 Å². The fourth-order valence-electron chi connectivity index (χ4n) is 6.15. The zero-order valence-electron chi connectivity index (χ0n) is 25.8. The number of amides is 4. The molecule has 4 amide bonds. The molecular weight excluding hydrogens is 551 g/mol. The second-order valence-corrected chi connectivity index (χ2v) is 12.5. The number of likely N-dealkylation sites (tertiary alicyclic amines) is 1. The lowest BCUT2D eigenvalue weighted by Gasteiger charge is -2.37. The van der Waals surface area contributed by atoms with E-state index in [0.717, 1.165) is 32.1 Å². The van der Waals surface area contributed by atoms with Gasteiger partial charge >= 0.3 is 7.12 Å². The van der Waals surface area contributed by atoms with Gasteiger partial charge in [0, 0.05) is 18.9 Å². The molecule has 1 aliphatic carbocycles. The van der Waals surface area contributed by atoms with E-state index in [1.54, 1.807) is 18.7 Å². The third kappa shape index (κ3) is 8.41. The number of hydrogen-bond donors (Lipinski definition) is 5. The fourth-order valence-corrected chi connectivity index (χ4v) is 6.15. The number of aromatic nitrogens is 2. The van der Waals surface area contributed by atoms with Crippen LogP contribution in [0.4, 0.5) is 0 Å². The van der Waals surface area contributed by atoms with Gasteiger partial charge in [-0.25, -0.2) is 4.98 Å². The second-order valence-electron chi connectivity index (χ2n) is 12.5. The summed E-state index contributed by atoms with van der Waals surface area (Å²) >= 11 is 0. The van der Waals surface area contributed by atoms with Crippen LogP contribution in [0.2, 0.25) is 0 Å². The number of rotatable bonds is 14. The monoisotopic (exact) mass is 598 g/mol. The summed E-state index contributed by atoms with van der Waals surface area (Å²) < 4.78 is 0. The molecule has 12 nitrogen and oxygen atoms in total. The van der Waals surface area contributed by atoms with Gasteiger partial charge in [0.15, 0.2) is 0 Å². The van der Waals surface area contributed by atoms with E-state index < -0.39 is 48.4 Å². The lowest BCUT2D eigenvalue weighted by Crippen LogP contribution is -2.63. The third-order valence-electron chi connectivity index (χ3n) is 8.82. The first-order valence-corrected chi connectivity index (χ1v) is 15.4. The number of carbonyl (C=O) groups excluding carboxylic acids is 4. The summed E-state index contributed by atoms with van der Waals surface area (Å²) in [6.07, 6.45) is 11.7. The van der Waals surface area contributed by atoms with Crippen LogP contribution in [0.1, 0.15) is 89.5 Å². The van der Waals surface area contributed by atoms with Gasteiger partial charge < -0.3 is 30.9 Å². The lowest BCUT2D eigenvalue weighted by atomic mass is 9.77. The summed E-state index contributed by atoms with van der Waals surface area (Å²) in [5.74, 6) is -3.20. The third-order valence-corrected chi connectivity index (χ3v) is 8.82. The Morgan fingerprint density at radius 3 is 2.37 bits per heavy atom. The molecule has 5 N–H and O–H groups in total. The highest BCUT2D eigenvalue weighted by molar-refractivity contribution is 6.43. The van der Waals surface area contributed by atoms with Crippen LogP contribution in [0.15, 0.2) is 31.2 Å². The fraction of sp³-hybridized carbons (Fsp3) is 0.667. The standard InChI is InChI=1S/C30H47BN6O6/c1-6-10-24(31(42)43)34-27(39)23(17-21-11-8-7-9-12-21)37-16-13-30(20(4)5,29(37)41)36-28(40)25(19(2)3)35-26(38)22-18-32-14-15-33-22/h6,14-15,18-21,23-25,42-43H,1,7-13,16-17H2,2-5H3,(H,34,39)(H,35,38)(H,36,40)/t23-,24?,25?,30?/m1/s1. The maximum atomic E-state index is 14.3. The van der Waals surface area contributed by atoms with Gasteiger partial charge in [-0.2, -0.15) is 0 Å². The van der Waals surface area contributed by atoms with Crippen LogP contribution < -0.4 is 16.0 Å². The van der Waals surface area contributed by atoms with Gasteiger partial charge in [-0.3, -0.25) is 24.2 Å². The Kier molecular flexibility index (Phi) is 12.3. The predicted molar refractivity (Wildman–Crippen MR) is 162 cm³/mol. The number of carbonyl (C=O) groups is 4. The topological polar surface area (TPSA) is 174 Å². The smallest absolute Gasteiger partial charge is 0.426 e. The van der Waals surface area contributed by atoms with Gasteiger partial charge in [0.25, 0.3) is 5.91 Å². The number of nitrogens with zero attached hydrogens (tertiary/aromatic N) is 3. The highest BCUT2D eigenvalue weighted by Gasteiger charge is 2.53. The van der Waals surface area contributed by atoms with E-state index >= 15 is 0 Å². The normalized spacial score (nSPS) is 21.3. The molecule has 4 atom stereocenters. The van der Waals surface area contributed by atoms with Crippen molar-refractivity contribution in [1.82, 2.24) is 30.8 Å². The number of nitrogens with one attached hydrogen (secondary N) is 3. The molecule has 13 heteroatoms. The summed E-state index contributed by atoms with van der Waals surface area (Å²) in [5.41, 5.74) is -1.22. The highest BCUT2D eigenvalue weighted by atomic mass is 16.4. The van der Waals surface area contributed by atoms with Crippen molar-refractivity contribution in [1.29, 1.82) is 0 Å².